The second-order valence-corrected chi connectivity index (χ2v) is 8.06. The van der Waals surface area contributed by atoms with Crippen molar-refractivity contribution in [3.05, 3.63) is 119 Å². The predicted molar refractivity (Wildman–Crippen MR) is 130 cm³/mol. The third-order valence-corrected chi connectivity index (χ3v) is 6.19. The molecule has 0 saturated carbocycles. The minimum absolute atomic E-state index is 0.0443. The van der Waals surface area contributed by atoms with Crippen molar-refractivity contribution in [2.45, 2.75) is 19.0 Å². The average molecular weight is 437 g/mol. The number of nitrogens with two attached hydrogens (primary N) is 1. The number of pyridine rings is 1. The van der Waals surface area contributed by atoms with E-state index in [1.807, 2.05) is 61.5 Å². The molecule has 0 amide bonds. The third-order valence-electron chi connectivity index (χ3n) is 6.19. The zero-order valence-corrected chi connectivity index (χ0v) is 18.2. The van der Waals surface area contributed by atoms with Crippen LogP contribution in [-0.4, -0.2) is 19.6 Å². The van der Waals surface area contributed by atoms with Crippen molar-refractivity contribution in [1.82, 2.24) is 14.5 Å². The van der Waals surface area contributed by atoms with Crippen LogP contribution in [0.15, 0.2) is 96.2 Å². The second-order valence-electron chi connectivity index (χ2n) is 8.06. The molecule has 4 N–H and O–H groups in total. The molecule has 5 aromatic rings. The number of aromatic hydroxyl groups is 1. The fourth-order valence-corrected chi connectivity index (χ4v) is 4.51. The number of H-pyrrole nitrogens is 1. The molecule has 1 unspecified atom stereocenters. The van der Waals surface area contributed by atoms with Crippen LogP contribution < -0.4 is 11.3 Å². The van der Waals surface area contributed by atoms with E-state index >= 15 is 0 Å². The van der Waals surface area contributed by atoms with E-state index in [1.54, 1.807) is 41.4 Å². The Morgan fingerprint density at radius 2 is 1.79 bits per heavy atom. The summed E-state index contributed by atoms with van der Waals surface area (Å²) in [6.07, 6.45) is 3.28. The summed E-state index contributed by atoms with van der Waals surface area (Å²) in [5, 5.41) is 11.1. The number of hydrogen-bond acceptors (Lipinski definition) is 4. The number of imidazole rings is 1. The van der Waals surface area contributed by atoms with Gasteiger partial charge in [-0.15, -0.1) is 0 Å². The number of phenols is 1. The molecule has 0 radical (unpaired) electrons. The van der Waals surface area contributed by atoms with Crippen molar-refractivity contribution in [3.8, 4) is 16.9 Å². The fourth-order valence-electron chi connectivity index (χ4n) is 4.51. The smallest absolute Gasteiger partial charge is 0.251 e. The zero-order chi connectivity index (χ0) is 23.0. The van der Waals surface area contributed by atoms with E-state index in [9.17, 15) is 9.90 Å². The summed E-state index contributed by atoms with van der Waals surface area (Å²) in [7, 11) is 0. The van der Waals surface area contributed by atoms with Gasteiger partial charge in [0.1, 0.15) is 11.3 Å². The van der Waals surface area contributed by atoms with Crippen LogP contribution in [0.25, 0.3) is 22.0 Å². The molecule has 3 aromatic carbocycles. The number of phenolic OH excluding ortho intramolecular Hbond substituents is 1. The zero-order valence-electron chi connectivity index (χ0n) is 18.2. The van der Waals surface area contributed by atoms with Crippen molar-refractivity contribution in [3.63, 3.8) is 0 Å². The number of hydrogen-bond donors (Lipinski definition) is 3. The largest absolute Gasteiger partial charge is 0.508 e. The van der Waals surface area contributed by atoms with Gasteiger partial charge in [-0.25, -0.2) is 4.98 Å². The Morgan fingerprint density at radius 1 is 1.00 bits per heavy atom. The van der Waals surface area contributed by atoms with E-state index in [0.717, 1.165) is 33.2 Å². The van der Waals surface area contributed by atoms with Crippen LogP contribution in [0.4, 0.5) is 0 Å². The lowest BCUT2D eigenvalue weighted by atomic mass is 9.80. The van der Waals surface area contributed by atoms with Crippen molar-refractivity contribution in [2.24, 2.45) is 5.73 Å². The number of aromatic nitrogens is 3. The van der Waals surface area contributed by atoms with Gasteiger partial charge in [0.05, 0.1) is 23.7 Å². The van der Waals surface area contributed by atoms with Crippen LogP contribution in [0.5, 0.6) is 5.75 Å². The first-order valence-electron chi connectivity index (χ1n) is 10.8. The topological polar surface area (TPSA) is 96.9 Å². The highest BCUT2D eigenvalue weighted by Crippen LogP contribution is 2.37. The lowest BCUT2D eigenvalue weighted by Gasteiger charge is -2.30. The number of aromatic amines is 1. The second kappa shape index (κ2) is 8.07. The number of benzene rings is 3. The molecule has 6 nitrogen and oxygen atoms in total. The molecule has 0 spiro atoms. The summed E-state index contributed by atoms with van der Waals surface area (Å²) in [6, 6.07) is 24.4. The molecule has 5 rings (SSSR count). The van der Waals surface area contributed by atoms with E-state index in [1.165, 1.54) is 0 Å². The Morgan fingerprint density at radius 3 is 2.48 bits per heavy atom. The summed E-state index contributed by atoms with van der Waals surface area (Å²) in [6.45, 7) is 2.52. The van der Waals surface area contributed by atoms with Gasteiger partial charge < -0.3 is 20.4 Å². The van der Waals surface area contributed by atoms with Gasteiger partial charge in [-0.2, -0.15) is 0 Å². The maximum atomic E-state index is 12.9. The molecule has 2 aromatic heterocycles. The Balaban J connectivity index is 1.84. The monoisotopic (exact) mass is 436 g/mol. The minimum atomic E-state index is -1.09. The normalized spacial score (nSPS) is 13.2. The molecular weight excluding hydrogens is 412 g/mol. The van der Waals surface area contributed by atoms with Crippen LogP contribution in [0.3, 0.4) is 0 Å². The molecular formula is C27H24N4O2. The van der Waals surface area contributed by atoms with Crippen molar-refractivity contribution < 1.29 is 5.11 Å². The Kier molecular flexibility index (Phi) is 5.07. The Labute approximate surface area is 191 Å². The van der Waals surface area contributed by atoms with Gasteiger partial charge >= 0.3 is 0 Å². The molecule has 0 aliphatic heterocycles. The van der Waals surface area contributed by atoms with Crippen molar-refractivity contribution in [1.29, 1.82) is 0 Å². The first-order valence-corrected chi connectivity index (χ1v) is 10.8. The Hall–Kier alpha value is -4.16. The highest BCUT2D eigenvalue weighted by atomic mass is 16.3. The quantitative estimate of drug-likeness (QED) is 0.381. The lowest BCUT2D eigenvalue weighted by Crippen LogP contribution is -2.39. The van der Waals surface area contributed by atoms with Gasteiger partial charge in [-0.3, -0.25) is 4.79 Å². The van der Waals surface area contributed by atoms with Crippen LogP contribution in [0.2, 0.25) is 0 Å². The van der Waals surface area contributed by atoms with Crippen LogP contribution in [0, 0.1) is 0 Å². The van der Waals surface area contributed by atoms with Gasteiger partial charge in [0.15, 0.2) is 0 Å². The summed E-state index contributed by atoms with van der Waals surface area (Å²) in [5.74, 6) is 0.132. The summed E-state index contributed by atoms with van der Waals surface area (Å²) in [4.78, 5) is 20.2. The number of rotatable bonds is 5. The molecule has 0 fully saturated rings. The molecule has 33 heavy (non-hydrogen) atoms. The summed E-state index contributed by atoms with van der Waals surface area (Å²) >= 11 is 0. The average Bonchev–Trinajstić information content (AvgIpc) is 3.39. The maximum Gasteiger partial charge on any atom is 0.251 e. The number of fused-ring (bicyclic) bond motifs is 1. The number of aryl methyl sites for hydroxylation is 1. The summed E-state index contributed by atoms with van der Waals surface area (Å²) in [5.41, 5.74) is 10.8. The van der Waals surface area contributed by atoms with Gasteiger partial charge in [-0.1, -0.05) is 48.5 Å². The molecule has 0 bridgehead atoms. The third kappa shape index (κ3) is 3.41. The standard InChI is InChI=1S/C27H24N4O2/c1-2-31-24-12-11-20(14-23(24)22(15-26(31)33)18-7-4-3-5-8-18)27(28,25-16-29-17-30-25)19-9-6-10-21(32)13-19/h3-17,32H,2,28H2,1H3,(H,29,30). The lowest BCUT2D eigenvalue weighted by molar-refractivity contribution is 0.472. The molecule has 6 heteroatoms. The van der Waals surface area contributed by atoms with Crippen LogP contribution in [-0.2, 0) is 12.1 Å². The molecule has 2 heterocycles. The van der Waals surface area contributed by atoms with Gasteiger partial charge in [0, 0.05) is 18.0 Å². The SMILES string of the molecule is CCn1c(=O)cc(-c2ccccc2)c2cc(C(N)(c3cccc(O)c3)c3cnc[nH]3)ccc21. The van der Waals surface area contributed by atoms with Gasteiger partial charge in [0.2, 0.25) is 0 Å². The molecule has 0 saturated heterocycles. The molecule has 164 valence electrons. The van der Waals surface area contributed by atoms with Crippen LogP contribution >= 0.6 is 0 Å². The first-order chi connectivity index (χ1) is 16.0. The molecule has 1 atom stereocenters. The van der Waals surface area contributed by atoms with E-state index in [4.69, 9.17) is 5.73 Å². The first kappa shape index (κ1) is 20.7. The van der Waals surface area contributed by atoms with Crippen molar-refractivity contribution in [2.75, 3.05) is 0 Å². The number of nitrogens with one attached hydrogen (secondary N) is 1. The fraction of sp³-hybridized carbons (Fsp3) is 0.111. The Bertz CT molecular complexity index is 1490. The van der Waals surface area contributed by atoms with E-state index in [0.29, 0.717) is 12.2 Å². The van der Waals surface area contributed by atoms with Gasteiger partial charge in [-0.05, 0) is 53.4 Å². The van der Waals surface area contributed by atoms with E-state index in [2.05, 4.69) is 9.97 Å². The van der Waals surface area contributed by atoms with Gasteiger partial charge in [0.25, 0.3) is 5.56 Å². The molecule has 0 aliphatic carbocycles. The predicted octanol–water partition coefficient (Wildman–Crippen LogP) is 4.37. The molecule has 0 aliphatic rings. The highest BCUT2D eigenvalue weighted by molar-refractivity contribution is 5.95. The number of nitrogens with zero attached hydrogens (tertiary/aromatic N) is 2. The van der Waals surface area contributed by atoms with E-state index < -0.39 is 5.54 Å². The summed E-state index contributed by atoms with van der Waals surface area (Å²) < 4.78 is 1.76. The van der Waals surface area contributed by atoms with E-state index in [-0.39, 0.29) is 11.3 Å². The van der Waals surface area contributed by atoms with Crippen molar-refractivity contribution >= 4 is 10.9 Å². The van der Waals surface area contributed by atoms with Crippen LogP contribution in [0.1, 0.15) is 23.7 Å². The minimum Gasteiger partial charge on any atom is -0.508 e. The maximum absolute atomic E-state index is 12.9. The highest BCUT2D eigenvalue weighted by Gasteiger charge is 2.34.